The van der Waals surface area contributed by atoms with Gasteiger partial charge in [-0.1, -0.05) is 42.5 Å². The fourth-order valence-electron chi connectivity index (χ4n) is 5.19. The van der Waals surface area contributed by atoms with Gasteiger partial charge < -0.3 is 24.5 Å². The van der Waals surface area contributed by atoms with Crippen LogP contribution in [-0.2, 0) is 14.3 Å². The molecule has 0 unspecified atom stereocenters. The Hall–Kier alpha value is -3.36. The lowest BCUT2D eigenvalue weighted by Crippen LogP contribution is -2.42. The molecular weight excluding hydrogens is 458 g/mol. The summed E-state index contributed by atoms with van der Waals surface area (Å²) in [6.45, 7) is 1.70. The summed E-state index contributed by atoms with van der Waals surface area (Å²) in [5.41, 5.74) is 2.75. The number of hydrogen-bond acceptors (Lipinski definition) is 5. The van der Waals surface area contributed by atoms with Crippen LogP contribution < -0.4 is 5.69 Å². The number of allylic oxidation sites excluding steroid dienone is 1. The molecule has 0 bridgehead atoms. The van der Waals surface area contributed by atoms with Crippen molar-refractivity contribution in [3.63, 3.8) is 0 Å². The Morgan fingerprint density at radius 1 is 1.06 bits per heavy atom. The number of hydrogen-bond donors (Lipinski definition) is 2. The Kier molecular flexibility index (Phi) is 7.53. The second kappa shape index (κ2) is 11.1. The monoisotopic (exact) mass is 491 g/mol. The molecule has 2 atom stereocenters. The van der Waals surface area contributed by atoms with Crippen molar-refractivity contribution in [3.05, 3.63) is 82.5 Å². The van der Waals surface area contributed by atoms with E-state index in [0.29, 0.717) is 51.1 Å². The molecule has 8 heteroatoms. The van der Waals surface area contributed by atoms with Crippen molar-refractivity contribution >= 4 is 16.9 Å². The molecule has 2 aromatic carbocycles. The number of nitrogens with one attached hydrogen (secondary N) is 1. The van der Waals surface area contributed by atoms with Gasteiger partial charge >= 0.3 is 5.69 Å². The Morgan fingerprint density at radius 3 is 2.58 bits per heavy atom. The highest BCUT2D eigenvalue weighted by Crippen LogP contribution is 2.33. The first kappa shape index (κ1) is 24.3. The number of para-hydroxylation sites is 2. The highest BCUT2D eigenvalue weighted by atomic mass is 16.7. The predicted molar refractivity (Wildman–Crippen MR) is 136 cm³/mol. The number of benzene rings is 2. The van der Waals surface area contributed by atoms with E-state index in [9.17, 15) is 9.59 Å². The van der Waals surface area contributed by atoms with E-state index >= 15 is 0 Å². The molecule has 0 radical (unpaired) electrons. The summed E-state index contributed by atoms with van der Waals surface area (Å²) >= 11 is 0. The van der Waals surface area contributed by atoms with Crippen LogP contribution in [0.15, 0.2) is 71.2 Å². The first-order valence-corrected chi connectivity index (χ1v) is 12.8. The lowest BCUT2D eigenvalue weighted by molar-refractivity contribution is -0.153. The molecule has 2 aliphatic heterocycles. The van der Waals surface area contributed by atoms with Gasteiger partial charge in [0.1, 0.15) is 0 Å². The molecule has 3 aromatic rings. The number of unbranched alkanes of at least 4 members (excludes halogenated alkanes) is 1. The molecule has 1 aromatic heterocycles. The first-order chi connectivity index (χ1) is 17.6. The average molecular weight is 492 g/mol. The van der Waals surface area contributed by atoms with Gasteiger partial charge in [0.2, 0.25) is 6.29 Å². The smallest absolute Gasteiger partial charge is 0.326 e. The highest BCUT2D eigenvalue weighted by Gasteiger charge is 2.33. The number of rotatable bonds is 8. The van der Waals surface area contributed by atoms with Gasteiger partial charge in [0.05, 0.1) is 17.6 Å². The number of H-pyrrole nitrogens is 1. The Morgan fingerprint density at radius 2 is 1.81 bits per heavy atom. The van der Waals surface area contributed by atoms with E-state index in [2.05, 4.69) is 17.1 Å². The number of amides is 1. The standard InChI is InChI=1S/C28H33N3O5/c32-16-6-7-17-35-26-19-21(20-8-2-1-3-9-20)18-25(36-26)27(33)30-14-12-22(13-15-30)31-24-11-5-4-10-23(24)29-28(31)34/h1-5,8-11,18,21-22,26,32H,6-7,12-17,19H2,(H,29,34)/t21-,26+/m1/s1. The number of piperidine rings is 1. The van der Waals surface area contributed by atoms with Crippen molar-refractivity contribution in [2.24, 2.45) is 0 Å². The number of aliphatic hydroxyl groups is 1. The zero-order chi connectivity index (χ0) is 24.9. The molecule has 190 valence electrons. The molecule has 1 saturated heterocycles. The lowest BCUT2D eigenvalue weighted by atomic mass is 9.92. The van der Waals surface area contributed by atoms with Gasteiger partial charge in [0.15, 0.2) is 5.76 Å². The largest absolute Gasteiger partial charge is 0.459 e. The zero-order valence-corrected chi connectivity index (χ0v) is 20.3. The lowest BCUT2D eigenvalue weighted by Gasteiger charge is -2.35. The van der Waals surface area contributed by atoms with Crippen LogP contribution in [0.5, 0.6) is 0 Å². The van der Waals surface area contributed by atoms with Crippen molar-refractivity contribution in [2.45, 2.75) is 50.4 Å². The summed E-state index contributed by atoms with van der Waals surface area (Å²) in [6, 6.07) is 17.8. The van der Waals surface area contributed by atoms with Gasteiger partial charge in [-0.25, -0.2) is 4.79 Å². The molecule has 8 nitrogen and oxygen atoms in total. The molecule has 2 N–H and O–H groups in total. The van der Waals surface area contributed by atoms with E-state index in [1.165, 1.54) is 0 Å². The number of aliphatic hydroxyl groups excluding tert-OH is 1. The number of nitrogens with zero attached hydrogens (tertiary/aromatic N) is 2. The van der Waals surface area contributed by atoms with Crippen LogP contribution in [0.25, 0.3) is 11.0 Å². The van der Waals surface area contributed by atoms with Gasteiger partial charge in [-0.2, -0.15) is 0 Å². The fraction of sp³-hybridized carbons (Fsp3) is 0.429. The summed E-state index contributed by atoms with van der Waals surface area (Å²) in [7, 11) is 0. The second-order valence-electron chi connectivity index (χ2n) is 9.47. The predicted octanol–water partition coefficient (Wildman–Crippen LogP) is 3.70. The van der Waals surface area contributed by atoms with Gasteiger partial charge in [0.25, 0.3) is 5.91 Å². The Bertz CT molecular complexity index is 1260. The van der Waals surface area contributed by atoms with Crippen LogP contribution in [0.3, 0.4) is 0 Å². The van der Waals surface area contributed by atoms with Gasteiger partial charge in [-0.3, -0.25) is 9.36 Å². The molecule has 5 rings (SSSR count). The van der Waals surface area contributed by atoms with Crippen molar-refractivity contribution in [1.82, 2.24) is 14.5 Å². The number of carbonyl (C=O) groups excluding carboxylic acids is 1. The first-order valence-electron chi connectivity index (χ1n) is 12.8. The minimum absolute atomic E-state index is 0.0177. The topological polar surface area (TPSA) is 96.8 Å². The number of ether oxygens (including phenoxy) is 2. The van der Waals surface area contributed by atoms with Crippen LogP contribution >= 0.6 is 0 Å². The molecule has 3 heterocycles. The van der Waals surface area contributed by atoms with Crippen LogP contribution in [0.1, 0.15) is 49.6 Å². The van der Waals surface area contributed by atoms with E-state index < -0.39 is 6.29 Å². The van der Waals surface area contributed by atoms with E-state index in [1.807, 2.05) is 58.0 Å². The van der Waals surface area contributed by atoms with E-state index in [0.717, 1.165) is 23.0 Å². The van der Waals surface area contributed by atoms with Crippen molar-refractivity contribution < 1.29 is 19.4 Å². The SMILES string of the molecule is O=C(C1=C[C@@H](c2ccccc2)C[C@@H](OCCCCO)O1)N1CCC(n2c(=O)[nH]c3ccccc32)CC1. The number of likely N-dealkylation sites (tertiary alicyclic amines) is 1. The summed E-state index contributed by atoms with van der Waals surface area (Å²) in [4.78, 5) is 30.8. The quantitative estimate of drug-likeness (QED) is 0.469. The Labute approximate surface area is 210 Å². The van der Waals surface area contributed by atoms with E-state index in [-0.39, 0.29) is 30.2 Å². The van der Waals surface area contributed by atoms with Crippen LogP contribution in [0.2, 0.25) is 0 Å². The average Bonchev–Trinajstić information content (AvgIpc) is 3.27. The second-order valence-corrected chi connectivity index (χ2v) is 9.47. The van der Waals surface area contributed by atoms with Crippen LogP contribution in [0, 0.1) is 0 Å². The van der Waals surface area contributed by atoms with E-state index in [4.69, 9.17) is 14.6 Å². The van der Waals surface area contributed by atoms with Gasteiger partial charge in [0, 0.05) is 38.1 Å². The van der Waals surface area contributed by atoms with Crippen LogP contribution in [-0.4, -0.2) is 58.1 Å². The maximum absolute atomic E-state index is 13.5. The summed E-state index contributed by atoms with van der Waals surface area (Å²) < 4.78 is 13.8. The minimum Gasteiger partial charge on any atom is -0.459 e. The van der Waals surface area contributed by atoms with Crippen molar-refractivity contribution in [1.29, 1.82) is 0 Å². The maximum Gasteiger partial charge on any atom is 0.326 e. The van der Waals surface area contributed by atoms with Gasteiger partial charge in [-0.15, -0.1) is 0 Å². The summed E-state index contributed by atoms with van der Waals surface area (Å²) in [6.07, 6.45) is 4.84. The molecular formula is C28H33N3O5. The van der Waals surface area contributed by atoms with Crippen molar-refractivity contribution in [2.75, 3.05) is 26.3 Å². The summed E-state index contributed by atoms with van der Waals surface area (Å²) in [5, 5.41) is 9.03. The Balaban J connectivity index is 1.28. The third-order valence-corrected chi connectivity index (χ3v) is 7.09. The molecule has 0 spiro atoms. The minimum atomic E-state index is -0.514. The van der Waals surface area contributed by atoms with Gasteiger partial charge in [-0.05, 0) is 49.5 Å². The van der Waals surface area contributed by atoms with Crippen LogP contribution in [0.4, 0.5) is 0 Å². The third kappa shape index (κ3) is 5.24. The number of fused-ring (bicyclic) bond motifs is 1. The third-order valence-electron chi connectivity index (χ3n) is 7.09. The summed E-state index contributed by atoms with van der Waals surface area (Å²) in [5.74, 6) is 0.207. The normalized spacial score (nSPS) is 20.8. The van der Waals surface area contributed by atoms with Crippen molar-refractivity contribution in [3.8, 4) is 0 Å². The van der Waals surface area contributed by atoms with E-state index in [1.54, 1.807) is 0 Å². The number of aromatic nitrogens is 2. The molecule has 1 amide bonds. The number of imidazole rings is 1. The molecule has 36 heavy (non-hydrogen) atoms. The number of carbonyl (C=O) groups is 1. The highest BCUT2D eigenvalue weighted by molar-refractivity contribution is 5.92. The molecule has 2 aliphatic rings. The number of aromatic amines is 1. The molecule has 0 saturated carbocycles. The zero-order valence-electron chi connectivity index (χ0n) is 20.3. The maximum atomic E-state index is 13.5. The fourth-order valence-corrected chi connectivity index (χ4v) is 5.19. The molecule has 0 aliphatic carbocycles. The molecule has 1 fully saturated rings.